The lowest BCUT2D eigenvalue weighted by Gasteiger charge is -2.14. The highest BCUT2D eigenvalue weighted by molar-refractivity contribution is 5.77. The Bertz CT molecular complexity index is 413. The fourth-order valence-electron chi connectivity index (χ4n) is 1.40. The SMILES string of the molecule is CC(NC(=O)COCCN)c1ccc(F)c(F)c1. The molecule has 100 valence electrons. The molecule has 0 aromatic heterocycles. The standard InChI is InChI=1S/C12H16F2N2O2/c1-8(16-12(17)7-18-5-4-15)9-2-3-10(13)11(14)6-9/h2-3,6,8H,4-5,7,15H2,1H3,(H,16,17). The second-order valence-electron chi connectivity index (χ2n) is 3.80. The first-order chi connectivity index (χ1) is 8.54. The van der Waals surface area contributed by atoms with Crippen LogP contribution >= 0.6 is 0 Å². The largest absolute Gasteiger partial charge is 0.370 e. The molecule has 0 aliphatic rings. The average molecular weight is 258 g/mol. The smallest absolute Gasteiger partial charge is 0.246 e. The Kier molecular flexibility index (Phi) is 5.67. The van der Waals surface area contributed by atoms with Crippen molar-refractivity contribution in [1.29, 1.82) is 0 Å². The molecule has 1 aromatic carbocycles. The Morgan fingerprint density at radius 2 is 2.17 bits per heavy atom. The van der Waals surface area contributed by atoms with Crippen LogP contribution in [0.5, 0.6) is 0 Å². The fourth-order valence-corrected chi connectivity index (χ4v) is 1.40. The highest BCUT2D eigenvalue weighted by Crippen LogP contribution is 2.15. The van der Waals surface area contributed by atoms with E-state index in [9.17, 15) is 13.6 Å². The molecule has 18 heavy (non-hydrogen) atoms. The third-order valence-electron chi connectivity index (χ3n) is 2.32. The Hall–Kier alpha value is -1.53. The van der Waals surface area contributed by atoms with Crippen molar-refractivity contribution in [2.75, 3.05) is 19.8 Å². The normalized spacial score (nSPS) is 12.2. The van der Waals surface area contributed by atoms with Crippen molar-refractivity contribution in [1.82, 2.24) is 5.32 Å². The molecule has 0 heterocycles. The molecule has 0 saturated heterocycles. The Balaban J connectivity index is 2.51. The summed E-state index contributed by atoms with van der Waals surface area (Å²) in [6.07, 6.45) is 0. The molecule has 0 spiro atoms. The van der Waals surface area contributed by atoms with Crippen molar-refractivity contribution >= 4 is 5.91 Å². The van der Waals surface area contributed by atoms with Gasteiger partial charge in [0.15, 0.2) is 11.6 Å². The second kappa shape index (κ2) is 7.03. The number of nitrogens with one attached hydrogen (secondary N) is 1. The zero-order valence-corrected chi connectivity index (χ0v) is 10.1. The van der Waals surface area contributed by atoms with Gasteiger partial charge in [0.25, 0.3) is 0 Å². The molecule has 0 saturated carbocycles. The van der Waals surface area contributed by atoms with Gasteiger partial charge in [-0.3, -0.25) is 4.79 Å². The van der Waals surface area contributed by atoms with E-state index >= 15 is 0 Å². The molecule has 6 heteroatoms. The maximum absolute atomic E-state index is 13.0. The summed E-state index contributed by atoms with van der Waals surface area (Å²) in [5.41, 5.74) is 5.69. The molecular formula is C12H16F2N2O2. The van der Waals surface area contributed by atoms with Gasteiger partial charge in [-0.15, -0.1) is 0 Å². The van der Waals surface area contributed by atoms with Crippen LogP contribution in [0.3, 0.4) is 0 Å². The predicted octanol–water partition coefficient (Wildman–Crippen LogP) is 1.12. The van der Waals surface area contributed by atoms with Crippen LogP contribution < -0.4 is 11.1 Å². The molecule has 0 aliphatic heterocycles. The minimum Gasteiger partial charge on any atom is -0.370 e. The minimum absolute atomic E-state index is 0.106. The number of ether oxygens (including phenoxy) is 1. The van der Waals surface area contributed by atoms with E-state index in [-0.39, 0.29) is 12.5 Å². The molecule has 1 aromatic rings. The number of amides is 1. The van der Waals surface area contributed by atoms with Gasteiger partial charge < -0.3 is 15.8 Å². The maximum Gasteiger partial charge on any atom is 0.246 e. The van der Waals surface area contributed by atoms with Crippen LogP contribution in [-0.4, -0.2) is 25.7 Å². The number of rotatable bonds is 6. The van der Waals surface area contributed by atoms with E-state index in [2.05, 4.69) is 5.32 Å². The van der Waals surface area contributed by atoms with Crippen LogP contribution in [0, 0.1) is 11.6 Å². The lowest BCUT2D eigenvalue weighted by atomic mass is 10.1. The average Bonchev–Trinajstić information content (AvgIpc) is 2.33. The molecular weight excluding hydrogens is 242 g/mol. The topological polar surface area (TPSA) is 64.3 Å². The molecule has 1 amide bonds. The molecule has 3 N–H and O–H groups in total. The first-order valence-electron chi connectivity index (χ1n) is 5.56. The van der Waals surface area contributed by atoms with Crippen LogP contribution in [0.2, 0.25) is 0 Å². The summed E-state index contributed by atoms with van der Waals surface area (Å²) in [5, 5.41) is 2.61. The summed E-state index contributed by atoms with van der Waals surface area (Å²) in [7, 11) is 0. The highest BCUT2D eigenvalue weighted by Gasteiger charge is 2.11. The summed E-state index contributed by atoms with van der Waals surface area (Å²) in [5.74, 6) is -2.18. The van der Waals surface area contributed by atoms with Crippen molar-refractivity contribution in [3.63, 3.8) is 0 Å². The zero-order chi connectivity index (χ0) is 13.5. The molecule has 0 bridgehead atoms. The number of hydrogen-bond donors (Lipinski definition) is 2. The van der Waals surface area contributed by atoms with Gasteiger partial charge in [-0.2, -0.15) is 0 Å². The number of nitrogens with two attached hydrogens (primary N) is 1. The number of halogens is 2. The van der Waals surface area contributed by atoms with E-state index in [0.717, 1.165) is 12.1 Å². The molecule has 4 nitrogen and oxygen atoms in total. The third kappa shape index (κ3) is 4.38. The van der Waals surface area contributed by atoms with Crippen LogP contribution in [0.4, 0.5) is 8.78 Å². The lowest BCUT2D eigenvalue weighted by molar-refractivity contribution is -0.126. The summed E-state index contributed by atoms with van der Waals surface area (Å²) in [4.78, 5) is 11.4. The predicted molar refractivity (Wildman–Crippen MR) is 62.8 cm³/mol. The Labute approximate surface area is 104 Å². The van der Waals surface area contributed by atoms with Crippen molar-refractivity contribution in [3.05, 3.63) is 35.4 Å². The lowest BCUT2D eigenvalue weighted by Crippen LogP contribution is -2.31. The molecule has 1 rings (SSSR count). The zero-order valence-electron chi connectivity index (χ0n) is 10.1. The number of hydrogen-bond acceptors (Lipinski definition) is 3. The van der Waals surface area contributed by atoms with E-state index in [1.54, 1.807) is 6.92 Å². The summed E-state index contributed by atoms with van der Waals surface area (Å²) < 4.78 is 30.7. The van der Waals surface area contributed by atoms with Gasteiger partial charge in [-0.05, 0) is 24.6 Å². The molecule has 1 unspecified atom stereocenters. The van der Waals surface area contributed by atoms with Gasteiger partial charge in [-0.25, -0.2) is 8.78 Å². The van der Waals surface area contributed by atoms with Gasteiger partial charge in [-0.1, -0.05) is 6.07 Å². The van der Waals surface area contributed by atoms with E-state index in [4.69, 9.17) is 10.5 Å². The highest BCUT2D eigenvalue weighted by atomic mass is 19.2. The Morgan fingerprint density at radius 1 is 1.44 bits per heavy atom. The summed E-state index contributed by atoms with van der Waals surface area (Å²) in [6, 6.07) is 3.08. The monoisotopic (exact) mass is 258 g/mol. The van der Waals surface area contributed by atoms with Crippen LogP contribution in [0.1, 0.15) is 18.5 Å². The van der Waals surface area contributed by atoms with Crippen molar-refractivity contribution < 1.29 is 18.3 Å². The van der Waals surface area contributed by atoms with E-state index in [1.807, 2.05) is 0 Å². The number of benzene rings is 1. The molecule has 0 fully saturated rings. The van der Waals surface area contributed by atoms with Crippen LogP contribution in [0.25, 0.3) is 0 Å². The van der Waals surface area contributed by atoms with Gasteiger partial charge in [0.1, 0.15) is 6.61 Å². The maximum atomic E-state index is 13.0. The van der Waals surface area contributed by atoms with E-state index in [1.165, 1.54) is 6.07 Å². The summed E-state index contributed by atoms with van der Waals surface area (Å²) >= 11 is 0. The van der Waals surface area contributed by atoms with Crippen LogP contribution in [-0.2, 0) is 9.53 Å². The van der Waals surface area contributed by atoms with E-state index < -0.39 is 17.7 Å². The first kappa shape index (κ1) is 14.5. The fraction of sp³-hybridized carbons (Fsp3) is 0.417. The molecule has 1 atom stereocenters. The minimum atomic E-state index is -0.937. The number of carbonyl (C=O) groups is 1. The molecule has 0 radical (unpaired) electrons. The number of carbonyl (C=O) groups excluding carboxylic acids is 1. The van der Waals surface area contributed by atoms with Crippen molar-refractivity contribution in [2.45, 2.75) is 13.0 Å². The van der Waals surface area contributed by atoms with Gasteiger partial charge in [0, 0.05) is 6.54 Å². The Morgan fingerprint density at radius 3 is 2.78 bits per heavy atom. The summed E-state index contributed by atoms with van der Waals surface area (Å²) in [6.45, 7) is 2.21. The van der Waals surface area contributed by atoms with Crippen molar-refractivity contribution in [2.24, 2.45) is 5.73 Å². The quantitative estimate of drug-likeness (QED) is 0.751. The second-order valence-corrected chi connectivity index (χ2v) is 3.80. The first-order valence-corrected chi connectivity index (χ1v) is 5.56. The van der Waals surface area contributed by atoms with E-state index in [0.29, 0.717) is 18.7 Å². The molecule has 0 aliphatic carbocycles. The van der Waals surface area contributed by atoms with Gasteiger partial charge in [0.05, 0.1) is 12.6 Å². The third-order valence-corrected chi connectivity index (χ3v) is 2.32. The van der Waals surface area contributed by atoms with Gasteiger partial charge >= 0.3 is 0 Å². The van der Waals surface area contributed by atoms with Crippen LogP contribution in [0.15, 0.2) is 18.2 Å². The van der Waals surface area contributed by atoms with Gasteiger partial charge in [0.2, 0.25) is 5.91 Å². The van der Waals surface area contributed by atoms with Crippen molar-refractivity contribution in [3.8, 4) is 0 Å².